The smallest absolute Gasteiger partial charge is 0.335 e. The second-order valence-electron chi connectivity index (χ2n) is 7.69. The molecular formula is C26H20BrFN2O5. The quantitative estimate of drug-likeness (QED) is 0.346. The van der Waals surface area contributed by atoms with Crippen LogP contribution in [0.5, 0.6) is 11.5 Å². The van der Waals surface area contributed by atoms with Gasteiger partial charge in [-0.25, -0.2) is 14.1 Å². The van der Waals surface area contributed by atoms with Gasteiger partial charge < -0.3 is 9.47 Å². The normalized spacial score (nSPS) is 14.8. The van der Waals surface area contributed by atoms with E-state index in [2.05, 4.69) is 21.2 Å². The summed E-state index contributed by atoms with van der Waals surface area (Å²) in [5.74, 6) is -1.20. The number of ether oxygens (including phenoxy) is 2. The zero-order valence-corrected chi connectivity index (χ0v) is 20.4. The number of halogens is 2. The van der Waals surface area contributed by atoms with Crippen LogP contribution in [0.15, 0.2) is 70.7 Å². The molecule has 0 aromatic heterocycles. The fourth-order valence-corrected chi connectivity index (χ4v) is 4.00. The van der Waals surface area contributed by atoms with Crippen molar-refractivity contribution >= 4 is 45.5 Å². The number of rotatable bonds is 6. The van der Waals surface area contributed by atoms with E-state index < -0.39 is 17.8 Å². The lowest BCUT2D eigenvalue weighted by Gasteiger charge is -2.27. The number of anilines is 1. The standard InChI is InChI=1S/C26H20BrFN2O5/c1-15-6-3-4-9-21(15)30-25(32)19(24(31)29-26(30)33)11-17-12-22(34-2)23(13-20(17)27)35-14-16-7-5-8-18(28)10-16/h3-13H,14H2,1-2H3,(H,29,31,33)/b19-11+. The molecule has 1 N–H and O–H groups in total. The van der Waals surface area contributed by atoms with Crippen LogP contribution in [-0.4, -0.2) is 25.0 Å². The van der Waals surface area contributed by atoms with E-state index in [-0.39, 0.29) is 18.0 Å². The van der Waals surface area contributed by atoms with Crippen LogP contribution in [0.1, 0.15) is 16.7 Å². The number of carbonyl (C=O) groups excluding carboxylic acids is 3. The largest absolute Gasteiger partial charge is 0.493 e. The molecule has 0 unspecified atom stereocenters. The molecule has 3 aromatic carbocycles. The van der Waals surface area contributed by atoms with Gasteiger partial charge in [0.2, 0.25) is 0 Å². The van der Waals surface area contributed by atoms with E-state index in [1.54, 1.807) is 55.5 Å². The maximum Gasteiger partial charge on any atom is 0.335 e. The van der Waals surface area contributed by atoms with Gasteiger partial charge in [-0.15, -0.1) is 0 Å². The molecule has 0 spiro atoms. The van der Waals surface area contributed by atoms with Crippen molar-refractivity contribution in [1.29, 1.82) is 0 Å². The van der Waals surface area contributed by atoms with Gasteiger partial charge in [0.1, 0.15) is 18.0 Å². The summed E-state index contributed by atoms with van der Waals surface area (Å²) in [5, 5.41) is 2.22. The van der Waals surface area contributed by atoms with Crippen molar-refractivity contribution in [1.82, 2.24) is 5.32 Å². The molecule has 0 radical (unpaired) electrons. The lowest BCUT2D eigenvalue weighted by Crippen LogP contribution is -2.54. The Hall–Kier alpha value is -3.98. The number of barbiturate groups is 1. The molecule has 1 fully saturated rings. The summed E-state index contributed by atoms with van der Waals surface area (Å²) in [4.78, 5) is 39.1. The first-order chi connectivity index (χ1) is 16.8. The van der Waals surface area contributed by atoms with E-state index in [1.807, 2.05) is 0 Å². The Bertz CT molecular complexity index is 1370. The fraction of sp³-hybridized carbons (Fsp3) is 0.115. The monoisotopic (exact) mass is 538 g/mol. The minimum Gasteiger partial charge on any atom is -0.493 e. The van der Waals surface area contributed by atoms with Crippen LogP contribution in [0, 0.1) is 12.7 Å². The predicted octanol–water partition coefficient (Wildman–Crippen LogP) is 5.15. The Morgan fingerprint density at radius 2 is 1.80 bits per heavy atom. The van der Waals surface area contributed by atoms with Crippen molar-refractivity contribution < 1.29 is 28.2 Å². The van der Waals surface area contributed by atoms with Crippen molar-refractivity contribution in [3.05, 3.63) is 93.2 Å². The minimum absolute atomic E-state index is 0.107. The van der Waals surface area contributed by atoms with Crippen molar-refractivity contribution in [2.24, 2.45) is 0 Å². The zero-order valence-electron chi connectivity index (χ0n) is 18.8. The third-order valence-corrected chi connectivity index (χ3v) is 6.01. The molecule has 9 heteroatoms. The number of para-hydroxylation sites is 1. The molecule has 1 aliphatic heterocycles. The van der Waals surface area contributed by atoms with E-state index in [9.17, 15) is 18.8 Å². The number of benzene rings is 3. The second-order valence-corrected chi connectivity index (χ2v) is 8.54. The van der Waals surface area contributed by atoms with Gasteiger partial charge in [-0.1, -0.05) is 46.3 Å². The Morgan fingerprint density at radius 3 is 2.51 bits per heavy atom. The van der Waals surface area contributed by atoms with Crippen LogP contribution >= 0.6 is 15.9 Å². The van der Waals surface area contributed by atoms with E-state index in [0.717, 1.165) is 4.90 Å². The van der Waals surface area contributed by atoms with Gasteiger partial charge in [-0.05, 0) is 60.0 Å². The highest BCUT2D eigenvalue weighted by Crippen LogP contribution is 2.36. The minimum atomic E-state index is -0.816. The molecule has 0 bridgehead atoms. The molecule has 0 saturated carbocycles. The molecule has 4 rings (SSSR count). The van der Waals surface area contributed by atoms with Crippen molar-refractivity contribution in [2.75, 3.05) is 12.0 Å². The Labute approximate surface area is 209 Å². The van der Waals surface area contributed by atoms with Gasteiger partial charge in [0.25, 0.3) is 11.8 Å². The van der Waals surface area contributed by atoms with Gasteiger partial charge in [-0.3, -0.25) is 14.9 Å². The van der Waals surface area contributed by atoms with E-state index >= 15 is 0 Å². The van der Waals surface area contributed by atoms with Crippen LogP contribution < -0.4 is 19.7 Å². The molecule has 0 aliphatic carbocycles. The number of aryl methyl sites for hydroxylation is 1. The van der Waals surface area contributed by atoms with Gasteiger partial charge >= 0.3 is 6.03 Å². The number of carbonyl (C=O) groups is 3. The lowest BCUT2D eigenvalue weighted by atomic mass is 10.1. The molecule has 1 saturated heterocycles. The van der Waals surface area contributed by atoms with Gasteiger partial charge in [0.15, 0.2) is 11.5 Å². The van der Waals surface area contributed by atoms with Crippen LogP contribution in [0.4, 0.5) is 14.9 Å². The summed E-state index contributed by atoms with van der Waals surface area (Å²) in [5.41, 5.74) is 1.96. The van der Waals surface area contributed by atoms with Gasteiger partial charge in [0, 0.05) is 4.47 Å². The molecule has 4 amide bonds. The van der Waals surface area contributed by atoms with E-state index in [1.165, 1.54) is 25.3 Å². The molecule has 0 atom stereocenters. The lowest BCUT2D eigenvalue weighted by molar-refractivity contribution is -0.122. The number of imide groups is 2. The number of nitrogens with one attached hydrogen (secondary N) is 1. The summed E-state index contributed by atoms with van der Waals surface area (Å²) in [6.45, 7) is 1.87. The fourth-order valence-electron chi connectivity index (χ4n) is 3.57. The van der Waals surface area contributed by atoms with Crippen molar-refractivity contribution in [3.63, 3.8) is 0 Å². The van der Waals surface area contributed by atoms with Crippen LogP contribution in [0.25, 0.3) is 6.08 Å². The Kier molecular flexibility index (Phi) is 6.97. The summed E-state index contributed by atoms with van der Waals surface area (Å²) in [6.07, 6.45) is 1.37. The molecule has 1 heterocycles. The Balaban J connectivity index is 1.66. The highest BCUT2D eigenvalue weighted by Gasteiger charge is 2.37. The second kappa shape index (κ2) is 10.1. The molecular weight excluding hydrogens is 519 g/mol. The van der Waals surface area contributed by atoms with Crippen LogP contribution in [-0.2, 0) is 16.2 Å². The summed E-state index contributed by atoms with van der Waals surface area (Å²) >= 11 is 3.43. The Morgan fingerprint density at radius 1 is 1.03 bits per heavy atom. The molecule has 1 aliphatic rings. The average Bonchev–Trinajstić information content (AvgIpc) is 2.82. The number of methoxy groups -OCH3 is 1. The number of amides is 4. The van der Waals surface area contributed by atoms with Crippen molar-refractivity contribution in [3.8, 4) is 11.5 Å². The first-order valence-electron chi connectivity index (χ1n) is 10.5. The summed E-state index contributed by atoms with van der Waals surface area (Å²) in [6, 6.07) is 15.3. The predicted molar refractivity (Wildman–Crippen MR) is 132 cm³/mol. The van der Waals surface area contributed by atoms with E-state index in [0.29, 0.717) is 38.3 Å². The number of urea groups is 1. The van der Waals surface area contributed by atoms with E-state index in [4.69, 9.17) is 9.47 Å². The van der Waals surface area contributed by atoms with Crippen LogP contribution in [0.2, 0.25) is 0 Å². The molecule has 35 heavy (non-hydrogen) atoms. The van der Waals surface area contributed by atoms with Gasteiger partial charge in [-0.2, -0.15) is 0 Å². The molecule has 7 nitrogen and oxygen atoms in total. The highest BCUT2D eigenvalue weighted by atomic mass is 79.9. The summed E-state index contributed by atoms with van der Waals surface area (Å²) in [7, 11) is 1.45. The summed E-state index contributed by atoms with van der Waals surface area (Å²) < 4.78 is 25.2. The zero-order chi connectivity index (χ0) is 25.1. The number of hydrogen-bond acceptors (Lipinski definition) is 5. The third-order valence-electron chi connectivity index (χ3n) is 5.32. The first kappa shape index (κ1) is 24.2. The van der Waals surface area contributed by atoms with Crippen molar-refractivity contribution in [2.45, 2.75) is 13.5 Å². The SMILES string of the molecule is COc1cc(/C=C2\C(=O)NC(=O)N(c3ccccc3C)C2=O)c(Br)cc1OCc1cccc(F)c1. The number of nitrogens with zero attached hydrogens (tertiary/aromatic N) is 1. The average molecular weight is 539 g/mol. The number of hydrogen-bond donors (Lipinski definition) is 1. The van der Waals surface area contributed by atoms with Gasteiger partial charge in [0.05, 0.1) is 12.8 Å². The maximum absolute atomic E-state index is 13.4. The maximum atomic E-state index is 13.4. The molecule has 3 aromatic rings. The topological polar surface area (TPSA) is 84.9 Å². The van der Waals surface area contributed by atoms with Crippen LogP contribution in [0.3, 0.4) is 0 Å². The first-order valence-corrected chi connectivity index (χ1v) is 11.3. The third kappa shape index (κ3) is 5.09. The highest BCUT2D eigenvalue weighted by molar-refractivity contribution is 9.10. The molecule has 178 valence electrons.